The fraction of sp³-hybridized carbons (Fsp3) is 0.0714. The summed E-state index contributed by atoms with van der Waals surface area (Å²) in [5.41, 5.74) is 1.62. The summed E-state index contributed by atoms with van der Waals surface area (Å²) in [6.07, 6.45) is 0. The van der Waals surface area contributed by atoms with Gasteiger partial charge in [-0.25, -0.2) is 0 Å². The smallest absolute Gasteiger partial charge is 0.255 e. The van der Waals surface area contributed by atoms with Crippen LogP contribution in [0.1, 0.15) is 15.9 Å². The largest absolute Gasteiger partial charge is 0.322 e. The third-order valence-corrected chi connectivity index (χ3v) is 2.88. The lowest BCUT2D eigenvalue weighted by atomic mass is 10.1. The Morgan fingerprint density at radius 1 is 1.10 bits per heavy atom. The lowest BCUT2D eigenvalue weighted by Gasteiger charge is -2.05. The van der Waals surface area contributed by atoms with E-state index < -0.39 is 4.92 Å². The molecular formula is C14H11ClN2O3. The molecule has 0 spiro atoms. The van der Waals surface area contributed by atoms with Gasteiger partial charge in [-0.2, -0.15) is 0 Å². The van der Waals surface area contributed by atoms with Crippen molar-refractivity contribution in [2.75, 3.05) is 5.32 Å². The molecule has 2 rings (SSSR count). The van der Waals surface area contributed by atoms with Crippen molar-refractivity contribution in [3.8, 4) is 0 Å². The lowest BCUT2D eigenvalue weighted by molar-refractivity contribution is -0.496. The van der Waals surface area contributed by atoms with Gasteiger partial charge in [0.1, 0.15) is 0 Å². The number of nitro groups is 1. The maximum atomic E-state index is 12.0. The van der Waals surface area contributed by atoms with Crippen LogP contribution in [-0.2, 0) is 6.54 Å². The second kappa shape index (κ2) is 6.16. The van der Waals surface area contributed by atoms with Crippen molar-refractivity contribution >= 4 is 23.2 Å². The number of carbonyl (C=O) groups is 1. The van der Waals surface area contributed by atoms with Crippen LogP contribution in [0.5, 0.6) is 0 Å². The second-order valence-corrected chi connectivity index (χ2v) is 4.59. The summed E-state index contributed by atoms with van der Waals surface area (Å²) >= 11 is 5.76. The van der Waals surface area contributed by atoms with E-state index in [1.54, 1.807) is 48.5 Å². The topological polar surface area (TPSA) is 72.2 Å². The maximum absolute atomic E-state index is 12.0. The van der Waals surface area contributed by atoms with Gasteiger partial charge >= 0.3 is 0 Å². The zero-order valence-electron chi connectivity index (χ0n) is 10.4. The van der Waals surface area contributed by atoms with E-state index in [4.69, 9.17) is 11.6 Å². The first kappa shape index (κ1) is 14.0. The third-order valence-electron chi connectivity index (χ3n) is 2.63. The molecule has 0 aromatic heterocycles. The number of nitrogens with zero attached hydrogens (tertiary/aromatic N) is 1. The Hall–Kier alpha value is -2.40. The zero-order valence-corrected chi connectivity index (χ0v) is 11.1. The highest BCUT2D eigenvalue weighted by Gasteiger charge is 2.07. The molecule has 1 amide bonds. The van der Waals surface area contributed by atoms with E-state index in [1.165, 1.54) is 0 Å². The van der Waals surface area contributed by atoms with Crippen LogP contribution in [-0.4, -0.2) is 10.8 Å². The summed E-state index contributed by atoms with van der Waals surface area (Å²) in [7, 11) is 0. The predicted molar refractivity (Wildman–Crippen MR) is 76.5 cm³/mol. The number of anilines is 1. The number of hydrogen-bond donors (Lipinski definition) is 1. The number of carbonyl (C=O) groups excluding carboxylic acids is 1. The van der Waals surface area contributed by atoms with Crippen molar-refractivity contribution in [2.24, 2.45) is 0 Å². The van der Waals surface area contributed by atoms with Gasteiger partial charge in [-0.3, -0.25) is 14.9 Å². The van der Waals surface area contributed by atoms with Crippen LogP contribution in [0, 0.1) is 10.1 Å². The molecule has 20 heavy (non-hydrogen) atoms. The van der Waals surface area contributed by atoms with Gasteiger partial charge in [-0.1, -0.05) is 23.7 Å². The average molecular weight is 291 g/mol. The summed E-state index contributed by atoms with van der Waals surface area (Å²) in [5, 5.41) is 13.7. The van der Waals surface area contributed by atoms with E-state index in [9.17, 15) is 14.9 Å². The molecule has 0 unspecified atom stereocenters. The molecule has 0 aliphatic carbocycles. The molecule has 0 atom stereocenters. The van der Waals surface area contributed by atoms with E-state index >= 15 is 0 Å². The summed E-state index contributed by atoms with van der Waals surface area (Å²) in [4.78, 5) is 21.9. The van der Waals surface area contributed by atoms with Gasteiger partial charge < -0.3 is 5.32 Å². The van der Waals surface area contributed by atoms with Crippen molar-refractivity contribution < 1.29 is 9.72 Å². The minimum atomic E-state index is -0.414. The number of halogens is 1. The normalized spacial score (nSPS) is 10.1. The fourth-order valence-electron chi connectivity index (χ4n) is 1.65. The molecule has 2 aromatic rings. The Bertz CT molecular complexity index is 624. The van der Waals surface area contributed by atoms with Crippen LogP contribution in [0.3, 0.4) is 0 Å². The van der Waals surface area contributed by atoms with E-state index in [1.807, 2.05) is 0 Å². The highest BCUT2D eigenvalue weighted by atomic mass is 35.5. The van der Waals surface area contributed by atoms with E-state index in [-0.39, 0.29) is 12.5 Å². The van der Waals surface area contributed by atoms with Gasteiger partial charge in [0, 0.05) is 26.8 Å². The molecule has 2 aromatic carbocycles. The summed E-state index contributed by atoms with van der Waals surface area (Å²) in [6, 6.07) is 13.0. The predicted octanol–water partition coefficient (Wildman–Crippen LogP) is 3.37. The zero-order chi connectivity index (χ0) is 14.5. The van der Waals surface area contributed by atoms with Crippen molar-refractivity contribution in [3.63, 3.8) is 0 Å². The van der Waals surface area contributed by atoms with Crippen molar-refractivity contribution in [1.29, 1.82) is 0 Å². The lowest BCUT2D eigenvalue weighted by Crippen LogP contribution is -2.11. The minimum absolute atomic E-state index is 0.251. The Kier molecular flexibility index (Phi) is 4.32. The van der Waals surface area contributed by atoms with Crippen LogP contribution in [0.15, 0.2) is 48.5 Å². The number of benzene rings is 2. The molecule has 0 radical (unpaired) electrons. The summed E-state index contributed by atoms with van der Waals surface area (Å²) < 4.78 is 0. The van der Waals surface area contributed by atoms with Crippen LogP contribution in [0.4, 0.5) is 5.69 Å². The van der Waals surface area contributed by atoms with E-state index in [0.717, 1.165) is 0 Å². The Balaban J connectivity index is 2.05. The van der Waals surface area contributed by atoms with Gasteiger partial charge in [-0.15, -0.1) is 0 Å². The standard InChI is InChI=1S/C14H11ClN2O3/c15-12-5-7-13(8-6-12)16-14(18)11-3-1-10(2-4-11)9-17(19)20/h1-8H,9H2,(H,16,18). The molecule has 0 fully saturated rings. The Morgan fingerprint density at radius 3 is 2.25 bits per heavy atom. The van der Waals surface area contributed by atoms with Crippen molar-refractivity contribution in [1.82, 2.24) is 0 Å². The summed E-state index contributed by atoms with van der Waals surface area (Å²) in [6.45, 7) is -0.251. The minimum Gasteiger partial charge on any atom is -0.322 e. The van der Waals surface area contributed by atoms with Gasteiger partial charge in [0.05, 0.1) is 0 Å². The molecule has 0 saturated carbocycles. The van der Waals surface area contributed by atoms with Gasteiger partial charge in [0.2, 0.25) is 6.54 Å². The average Bonchev–Trinajstić information content (AvgIpc) is 2.41. The SMILES string of the molecule is O=C(Nc1ccc(Cl)cc1)c1ccc(C[N+](=O)[O-])cc1. The first-order chi connectivity index (χ1) is 9.54. The first-order valence-electron chi connectivity index (χ1n) is 5.82. The Labute approximate surface area is 120 Å². The number of nitrogens with one attached hydrogen (secondary N) is 1. The van der Waals surface area contributed by atoms with Crippen LogP contribution in [0.25, 0.3) is 0 Å². The molecule has 102 valence electrons. The third kappa shape index (κ3) is 3.80. The molecule has 0 aliphatic heterocycles. The Morgan fingerprint density at radius 2 is 1.70 bits per heavy atom. The van der Waals surface area contributed by atoms with E-state index in [2.05, 4.69) is 5.32 Å². The van der Waals surface area contributed by atoms with Crippen LogP contribution in [0.2, 0.25) is 5.02 Å². The molecule has 1 N–H and O–H groups in total. The molecule has 0 heterocycles. The van der Waals surface area contributed by atoms with Crippen molar-refractivity contribution in [2.45, 2.75) is 6.54 Å². The molecule has 5 nitrogen and oxygen atoms in total. The quantitative estimate of drug-likeness (QED) is 0.693. The number of amides is 1. The van der Waals surface area contributed by atoms with Crippen LogP contribution < -0.4 is 5.32 Å². The molecular weight excluding hydrogens is 280 g/mol. The monoisotopic (exact) mass is 290 g/mol. The highest BCUT2D eigenvalue weighted by Crippen LogP contribution is 2.15. The van der Waals surface area contributed by atoms with Gasteiger partial charge in [0.25, 0.3) is 5.91 Å². The second-order valence-electron chi connectivity index (χ2n) is 4.15. The van der Waals surface area contributed by atoms with E-state index in [0.29, 0.717) is 21.8 Å². The molecule has 0 bridgehead atoms. The number of hydrogen-bond acceptors (Lipinski definition) is 3. The number of rotatable bonds is 4. The first-order valence-corrected chi connectivity index (χ1v) is 6.20. The van der Waals surface area contributed by atoms with Crippen molar-refractivity contribution in [3.05, 3.63) is 74.8 Å². The molecule has 6 heteroatoms. The van der Waals surface area contributed by atoms with Crippen LogP contribution >= 0.6 is 11.6 Å². The van der Waals surface area contributed by atoms with Gasteiger partial charge in [-0.05, 0) is 36.4 Å². The maximum Gasteiger partial charge on any atom is 0.255 e. The summed E-state index contributed by atoms with van der Waals surface area (Å²) in [5.74, 6) is -0.278. The molecule has 0 aliphatic rings. The molecule has 0 saturated heterocycles. The highest BCUT2D eigenvalue weighted by molar-refractivity contribution is 6.30. The fourth-order valence-corrected chi connectivity index (χ4v) is 1.77. The van der Waals surface area contributed by atoms with Gasteiger partial charge in [0.15, 0.2) is 0 Å².